The molecule has 0 saturated carbocycles. The molecule has 7 nitrogen and oxygen atoms in total. The van der Waals surface area contributed by atoms with Crippen LogP contribution in [0.1, 0.15) is 5.56 Å². The van der Waals surface area contributed by atoms with Gasteiger partial charge < -0.3 is 20.1 Å². The van der Waals surface area contributed by atoms with Crippen LogP contribution in [0, 0.1) is 0 Å². The van der Waals surface area contributed by atoms with Crippen molar-refractivity contribution in [2.24, 2.45) is 10.7 Å². The Labute approximate surface area is 168 Å². The van der Waals surface area contributed by atoms with Crippen LogP contribution in [0.3, 0.4) is 0 Å². The molecule has 1 amide bonds. The molecular formula is C22H20N4O3. The molecule has 0 aliphatic carbocycles. The van der Waals surface area contributed by atoms with Gasteiger partial charge in [0.1, 0.15) is 18.4 Å². The highest BCUT2D eigenvalue weighted by molar-refractivity contribution is 5.92. The maximum atomic E-state index is 11.8. The fraction of sp³-hybridized carbons (Fsp3) is 0.136. The van der Waals surface area contributed by atoms with E-state index in [1.54, 1.807) is 23.4 Å². The smallest absolute Gasteiger partial charge is 0.265 e. The normalized spacial score (nSPS) is 18.8. The van der Waals surface area contributed by atoms with Crippen molar-refractivity contribution in [1.82, 2.24) is 9.88 Å². The third-order valence-corrected chi connectivity index (χ3v) is 4.50. The number of primary amides is 1. The average Bonchev–Trinajstić information content (AvgIpc) is 3.12. The van der Waals surface area contributed by atoms with Crippen LogP contribution in [0.25, 0.3) is 16.8 Å². The second-order valence-corrected chi connectivity index (χ2v) is 6.49. The van der Waals surface area contributed by atoms with Crippen molar-refractivity contribution in [1.29, 1.82) is 0 Å². The standard InChI is InChI=1S/C22H20N4O3/c23-21(27)20-13-18-14-26(20)10-9-24-15-28-11-3-1-2-4-16-5-6-17-7-8-25-22(29-18)19(17)12-16/h1-10,12-13,15,18H,11,14H2,(H2,23,27)/t18-/m0/s1. The van der Waals surface area contributed by atoms with Crippen LogP contribution in [-0.2, 0) is 9.53 Å². The summed E-state index contributed by atoms with van der Waals surface area (Å²) in [7, 11) is 0. The number of hydrogen-bond acceptors (Lipinski definition) is 6. The molecule has 0 unspecified atom stereocenters. The molecule has 4 rings (SSSR count). The number of benzene rings is 1. The van der Waals surface area contributed by atoms with Gasteiger partial charge in [-0.05, 0) is 35.2 Å². The van der Waals surface area contributed by atoms with Gasteiger partial charge in [0, 0.05) is 24.0 Å². The summed E-state index contributed by atoms with van der Waals surface area (Å²) in [6, 6.07) is 8.02. The number of amides is 1. The summed E-state index contributed by atoms with van der Waals surface area (Å²) in [5, 5.41) is 1.92. The lowest BCUT2D eigenvalue weighted by molar-refractivity contribution is -0.115. The zero-order valence-electron chi connectivity index (χ0n) is 15.6. The Morgan fingerprint density at radius 1 is 1.24 bits per heavy atom. The number of aliphatic imine (C=N–C) groups is 1. The quantitative estimate of drug-likeness (QED) is 0.811. The number of carbonyl (C=O) groups is 1. The molecule has 29 heavy (non-hydrogen) atoms. The number of ether oxygens (including phenoxy) is 2. The monoisotopic (exact) mass is 388 g/mol. The summed E-state index contributed by atoms with van der Waals surface area (Å²) >= 11 is 0. The third kappa shape index (κ3) is 4.35. The van der Waals surface area contributed by atoms with Gasteiger partial charge in [-0.2, -0.15) is 0 Å². The number of nitrogens with zero attached hydrogens (tertiary/aromatic N) is 3. The number of allylic oxidation sites excluding steroid dienone is 2. The highest BCUT2D eigenvalue weighted by atomic mass is 16.5. The second kappa shape index (κ2) is 8.43. The zero-order valence-corrected chi connectivity index (χ0v) is 15.6. The van der Waals surface area contributed by atoms with E-state index in [1.807, 2.05) is 48.6 Å². The first-order valence-corrected chi connectivity index (χ1v) is 9.17. The molecule has 2 aliphatic rings. The SMILES string of the molecule is NC(=O)C1=C[C@H]2CN1C=CN=COCC=CC=Cc1ccc3ccnc(c3c1)O2. The number of nitrogens with two attached hydrogens (primary N) is 1. The molecule has 4 bridgehead atoms. The van der Waals surface area contributed by atoms with Crippen LogP contribution < -0.4 is 10.5 Å². The zero-order chi connectivity index (χ0) is 20.1. The molecule has 0 radical (unpaired) electrons. The summed E-state index contributed by atoms with van der Waals surface area (Å²) in [5.41, 5.74) is 6.89. The van der Waals surface area contributed by atoms with Crippen molar-refractivity contribution >= 4 is 29.2 Å². The predicted molar refractivity (Wildman–Crippen MR) is 112 cm³/mol. The first-order valence-electron chi connectivity index (χ1n) is 9.17. The molecule has 146 valence electrons. The predicted octanol–water partition coefficient (Wildman–Crippen LogP) is 2.77. The molecule has 0 spiro atoms. The van der Waals surface area contributed by atoms with Crippen molar-refractivity contribution < 1.29 is 14.3 Å². The first-order chi connectivity index (χ1) is 14.2. The summed E-state index contributed by atoms with van der Waals surface area (Å²) in [5.74, 6) is -0.0213. The van der Waals surface area contributed by atoms with E-state index in [0.29, 0.717) is 24.7 Å². The lowest BCUT2D eigenvalue weighted by Gasteiger charge is -2.17. The van der Waals surface area contributed by atoms with Crippen molar-refractivity contribution in [2.75, 3.05) is 13.2 Å². The minimum absolute atomic E-state index is 0.354. The highest BCUT2D eigenvalue weighted by Crippen LogP contribution is 2.28. The maximum absolute atomic E-state index is 11.8. The van der Waals surface area contributed by atoms with Gasteiger partial charge in [0.2, 0.25) is 5.88 Å². The van der Waals surface area contributed by atoms with E-state index in [2.05, 4.69) is 9.98 Å². The largest absolute Gasteiger partial charge is 0.479 e. The van der Waals surface area contributed by atoms with Gasteiger partial charge >= 0.3 is 0 Å². The topological polar surface area (TPSA) is 90.0 Å². The molecule has 0 fully saturated rings. The van der Waals surface area contributed by atoms with Crippen LogP contribution in [-0.4, -0.2) is 41.4 Å². The summed E-state index contributed by atoms with van der Waals surface area (Å²) in [6.07, 6.45) is 15.3. The average molecular weight is 388 g/mol. The molecule has 1 aromatic carbocycles. The van der Waals surface area contributed by atoms with Gasteiger partial charge in [0.05, 0.1) is 6.54 Å². The van der Waals surface area contributed by atoms with Crippen LogP contribution in [0.15, 0.2) is 77.9 Å². The highest BCUT2D eigenvalue weighted by Gasteiger charge is 2.27. The van der Waals surface area contributed by atoms with Gasteiger partial charge in [-0.15, -0.1) is 0 Å². The fourth-order valence-electron chi connectivity index (χ4n) is 3.15. The Morgan fingerprint density at radius 3 is 3.07 bits per heavy atom. The van der Waals surface area contributed by atoms with Crippen molar-refractivity contribution in [3.8, 4) is 5.88 Å². The van der Waals surface area contributed by atoms with Crippen LogP contribution >= 0.6 is 0 Å². The second-order valence-electron chi connectivity index (χ2n) is 6.49. The summed E-state index contributed by atoms with van der Waals surface area (Å²) < 4.78 is 11.4. The van der Waals surface area contributed by atoms with Gasteiger partial charge in [-0.25, -0.2) is 9.98 Å². The molecule has 1 aromatic heterocycles. The van der Waals surface area contributed by atoms with E-state index in [9.17, 15) is 4.79 Å². The molecule has 2 aromatic rings. The van der Waals surface area contributed by atoms with Crippen molar-refractivity contribution in [3.63, 3.8) is 0 Å². The fourth-order valence-corrected chi connectivity index (χ4v) is 3.15. The molecular weight excluding hydrogens is 368 g/mol. The van der Waals surface area contributed by atoms with Gasteiger partial charge in [-0.3, -0.25) is 4.79 Å². The van der Waals surface area contributed by atoms with E-state index >= 15 is 0 Å². The number of fused-ring (bicyclic) bond motifs is 3. The van der Waals surface area contributed by atoms with Crippen LogP contribution in [0.4, 0.5) is 0 Å². The number of aromatic nitrogens is 1. The first kappa shape index (κ1) is 18.5. The molecule has 3 heterocycles. The summed E-state index contributed by atoms with van der Waals surface area (Å²) in [6.45, 7) is 0.824. The Balaban J connectivity index is 1.73. The summed E-state index contributed by atoms with van der Waals surface area (Å²) in [4.78, 5) is 22.0. The van der Waals surface area contributed by atoms with E-state index in [0.717, 1.165) is 16.3 Å². The van der Waals surface area contributed by atoms with Gasteiger partial charge in [0.15, 0.2) is 6.40 Å². The Bertz CT molecular complexity index is 1070. The minimum atomic E-state index is -0.532. The lowest BCUT2D eigenvalue weighted by atomic mass is 10.1. The van der Waals surface area contributed by atoms with Gasteiger partial charge in [-0.1, -0.05) is 30.4 Å². The Hall–Kier alpha value is -3.87. The van der Waals surface area contributed by atoms with Crippen LogP contribution in [0.2, 0.25) is 0 Å². The van der Waals surface area contributed by atoms with E-state index in [-0.39, 0.29) is 6.10 Å². The lowest BCUT2D eigenvalue weighted by Crippen LogP contribution is -2.27. The Morgan fingerprint density at radius 2 is 2.17 bits per heavy atom. The van der Waals surface area contributed by atoms with Crippen molar-refractivity contribution in [2.45, 2.75) is 6.10 Å². The Kier molecular flexibility index (Phi) is 5.38. The van der Waals surface area contributed by atoms with E-state index in [1.165, 1.54) is 12.6 Å². The van der Waals surface area contributed by atoms with E-state index < -0.39 is 5.91 Å². The molecule has 1 atom stereocenters. The third-order valence-electron chi connectivity index (χ3n) is 4.50. The van der Waals surface area contributed by atoms with Crippen LogP contribution in [0.5, 0.6) is 5.88 Å². The minimum Gasteiger partial charge on any atom is -0.479 e. The number of carbonyl (C=O) groups excluding carboxylic acids is 1. The van der Waals surface area contributed by atoms with E-state index in [4.69, 9.17) is 15.2 Å². The number of rotatable bonds is 1. The van der Waals surface area contributed by atoms with Crippen molar-refractivity contribution in [3.05, 3.63) is 78.4 Å². The number of hydrogen-bond donors (Lipinski definition) is 1. The number of pyridine rings is 1. The molecule has 0 saturated heterocycles. The molecule has 2 N–H and O–H groups in total. The maximum Gasteiger partial charge on any atom is 0.265 e. The van der Waals surface area contributed by atoms with Gasteiger partial charge in [0.25, 0.3) is 5.91 Å². The molecule has 2 aliphatic heterocycles. The molecule has 7 heteroatoms.